The first-order valence-corrected chi connectivity index (χ1v) is 9.07. The Labute approximate surface area is 167 Å². The van der Waals surface area contributed by atoms with E-state index < -0.39 is 17.6 Å². The van der Waals surface area contributed by atoms with Crippen LogP contribution in [-0.2, 0) is 4.79 Å². The number of rotatable bonds is 4. The van der Waals surface area contributed by atoms with Crippen LogP contribution in [0.5, 0.6) is 34.5 Å². The molecule has 2 N–H and O–H groups in total. The quantitative estimate of drug-likeness (QED) is 0.804. The van der Waals surface area contributed by atoms with E-state index in [1.165, 1.54) is 28.1 Å². The molecule has 0 fully saturated rings. The number of phenolic OH excluding ortho intramolecular Hbond substituents is 1. The fourth-order valence-corrected chi connectivity index (χ4v) is 4.12. The van der Waals surface area contributed by atoms with Gasteiger partial charge in [-0.1, -0.05) is 0 Å². The summed E-state index contributed by atoms with van der Waals surface area (Å²) in [6.07, 6.45) is 0. The third-order valence-corrected chi connectivity index (χ3v) is 5.37. The number of carbonyl (C=O) groups excluding carboxylic acids is 1. The van der Waals surface area contributed by atoms with Crippen molar-refractivity contribution < 1.29 is 38.7 Å². The van der Waals surface area contributed by atoms with Crippen molar-refractivity contribution in [3.05, 3.63) is 35.4 Å². The normalized spacial score (nSPS) is 24.4. The first-order valence-electron chi connectivity index (χ1n) is 9.07. The first-order chi connectivity index (χ1) is 13.8. The number of aromatic hydroxyl groups is 1. The molecule has 2 aliphatic rings. The molecule has 8 heteroatoms. The lowest BCUT2D eigenvalue weighted by Gasteiger charge is -2.42. The van der Waals surface area contributed by atoms with Crippen molar-refractivity contribution in [3.63, 3.8) is 0 Å². The van der Waals surface area contributed by atoms with Gasteiger partial charge in [0.05, 0.1) is 20.1 Å². The van der Waals surface area contributed by atoms with Gasteiger partial charge in [0.15, 0.2) is 23.0 Å². The summed E-state index contributed by atoms with van der Waals surface area (Å²) < 4.78 is 27.2. The van der Waals surface area contributed by atoms with Gasteiger partial charge in [-0.2, -0.15) is 0 Å². The molecule has 4 rings (SSSR count). The summed E-state index contributed by atoms with van der Waals surface area (Å²) in [7, 11) is 2.85. The number of ketones is 1. The van der Waals surface area contributed by atoms with Crippen molar-refractivity contribution >= 4 is 5.78 Å². The molecule has 0 spiro atoms. The minimum Gasteiger partial charge on any atom is -0.502 e. The summed E-state index contributed by atoms with van der Waals surface area (Å²) in [6, 6.07) is 6.63. The summed E-state index contributed by atoms with van der Waals surface area (Å²) in [6.45, 7) is 2.94. The number of hydrogen-bond acceptors (Lipinski definition) is 8. The Morgan fingerprint density at radius 2 is 1.66 bits per heavy atom. The molecule has 2 aliphatic heterocycles. The largest absolute Gasteiger partial charge is 0.502 e. The number of benzene rings is 2. The highest BCUT2D eigenvalue weighted by molar-refractivity contribution is 5.82. The summed E-state index contributed by atoms with van der Waals surface area (Å²) >= 11 is 0. The lowest BCUT2D eigenvalue weighted by Crippen LogP contribution is -2.50. The van der Waals surface area contributed by atoms with Crippen LogP contribution in [0.2, 0.25) is 0 Å². The number of methoxy groups -OCH3 is 2. The summed E-state index contributed by atoms with van der Waals surface area (Å²) in [5.74, 6) is -1.91. The van der Waals surface area contributed by atoms with Crippen molar-refractivity contribution in [2.24, 2.45) is 5.92 Å². The van der Waals surface area contributed by atoms with Crippen LogP contribution in [0.15, 0.2) is 24.3 Å². The Morgan fingerprint density at radius 1 is 1.07 bits per heavy atom. The van der Waals surface area contributed by atoms with Gasteiger partial charge in [-0.15, -0.1) is 0 Å². The van der Waals surface area contributed by atoms with Gasteiger partial charge in [0.25, 0.3) is 0 Å². The second kappa shape index (κ2) is 6.73. The van der Waals surface area contributed by atoms with Gasteiger partial charge < -0.3 is 33.9 Å². The third-order valence-electron chi connectivity index (χ3n) is 5.37. The lowest BCUT2D eigenvalue weighted by atomic mass is 9.72. The van der Waals surface area contributed by atoms with Crippen molar-refractivity contribution in [1.82, 2.24) is 0 Å². The number of carbonyl (C=O) groups is 1. The molecule has 0 aliphatic carbocycles. The predicted octanol–water partition coefficient (Wildman–Crippen LogP) is 2.58. The number of fused-ring (bicyclic) bond motifs is 2. The molecule has 8 nitrogen and oxygen atoms in total. The van der Waals surface area contributed by atoms with Crippen LogP contribution < -0.4 is 23.7 Å². The number of phenols is 1. The van der Waals surface area contributed by atoms with E-state index in [2.05, 4.69) is 0 Å². The highest BCUT2D eigenvalue weighted by Crippen LogP contribution is 2.53. The molecule has 0 unspecified atom stereocenters. The monoisotopic (exact) mass is 402 g/mol. The number of aliphatic hydroxyl groups is 1. The molecule has 3 atom stereocenters. The minimum atomic E-state index is -1.77. The zero-order valence-electron chi connectivity index (χ0n) is 16.5. The van der Waals surface area contributed by atoms with Gasteiger partial charge in [-0.25, -0.2) is 0 Å². The Morgan fingerprint density at radius 3 is 2.21 bits per heavy atom. The van der Waals surface area contributed by atoms with Crippen LogP contribution in [-0.4, -0.2) is 42.8 Å². The zero-order valence-corrected chi connectivity index (χ0v) is 16.5. The van der Waals surface area contributed by atoms with Crippen LogP contribution in [0, 0.1) is 5.92 Å². The Balaban J connectivity index is 1.98. The topological polar surface area (TPSA) is 104 Å². The number of Topliss-reactive ketones (excluding diaryl/α,β-unsaturated/α-hetero) is 1. The molecule has 0 saturated heterocycles. The molecule has 2 aromatic rings. The van der Waals surface area contributed by atoms with Crippen LogP contribution in [0.4, 0.5) is 0 Å². The average Bonchev–Trinajstić information content (AvgIpc) is 3.12. The van der Waals surface area contributed by atoms with Gasteiger partial charge in [-0.05, 0) is 30.7 Å². The number of ether oxygens (including phenoxy) is 5. The van der Waals surface area contributed by atoms with E-state index in [9.17, 15) is 15.0 Å². The molecule has 0 bridgehead atoms. The second-order valence-electron chi connectivity index (χ2n) is 7.24. The molecule has 0 radical (unpaired) electrons. The Hall–Kier alpha value is -3.13. The highest BCUT2D eigenvalue weighted by Gasteiger charge is 2.50. The predicted molar refractivity (Wildman–Crippen MR) is 101 cm³/mol. The van der Waals surface area contributed by atoms with Crippen LogP contribution in [0.3, 0.4) is 0 Å². The van der Waals surface area contributed by atoms with Crippen LogP contribution >= 0.6 is 0 Å². The van der Waals surface area contributed by atoms with E-state index in [0.717, 1.165) is 0 Å². The van der Waals surface area contributed by atoms with Gasteiger partial charge in [-0.3, -0.25) is 4.79 Å². The average molecular weight is 402 g/mol. The fourth-order valence-electron chi connectivity index (χ4n) is 4.12. The van der Waals surface area contributed by atoms with E-state index in [-0.39, 0.29) is 29.8 Å². The van der Waals surface area contributed by atoms with E-state index in [4.69, 9.17) is 23.7 Å². The molecule has 0 aromatic heterocycles. The molecule has 0 amide bonds. The van der Waals surface area contributed by atoms with Gasteiger partial charge in [0.2, 0.25) is 18.3 Å². The van der Waals surface area contributed by atoms with Gasteiger partial charge >= 0.3 is 0 Å². The van der Waals surface area contributed by atoms with E-state index in [0.29, 0.717) is 28.4 Å². The summed E-state index contributed by atoms with van der Waals surface area (Å²) in [5, 5.41) is 21.3. The molecule has 29 heavy (non-hydrogen) atoms. The van der Waals surface area contributed by atoms with Crippen molar-refractivity contribution in [2.45, 2.75) is 25.6 Å². The molecular formula is C21H22O8. The smallest absolute Gasteiger partial charge is 0.231 e. The van der Waals surface area contributed by atoms with Gasteiger partial charge in [0.1, 0.15) is 11.5 Å². The fraction of sp³-hybridized carbons (Fsp3) is 0.381. The van der Waals surface area contributed by atoms with Crippen molar-refractivity contribution in [2.75, 3.05) is 21.0 Å². The minimum absolute atomic E-state index is 0.0796. The maximum Gasteiger partial charge on any atom is 0.231 e. The van der Waals surface area contributed by atoms with Crippen molar-refractivity contribution in [3.8, 4) is 34.5 Å². The number of hydrogen-bond donors (Lipinski definition) is 2. The highest BCUT2D eigenvalue weighted by atomic mass is 16.7. The molecule has 2 heterocycles. The summed E-state index contributed by atoms with van der Waals surface area (Å²) in [5.41, 5.74) is 1.26. The second-order valence-corrected chi connectivity index (χ2v) is 7.24. The van der Waals surface area contributed by atoms with Crippen LogP contribution in [0.25, 0.3) is 0 Å². The molecule has 154 valence electrons. The van der Waals surface area contributed by atoms with E-state index >= 15 is 0 Å². The summed E-state index contributed by atoms with van der Waals surface area (Å²) in [4.78, 5) is 12.6. The van der Waals surface area contributed by atoms with Gasteiger partial charge in [0, 0.05) is 24.5 Å². The lowest BCUT2D eigenvalue weighted by molar-refractivity contribution is -0.181. The SMILES string of the molecule is COc1cc([C@@H]2c3cc4c(cc3O[C@@](C)(O)[C@H]2C(C)=O)OCO4)cc(OC)c1O. The molecular weight excluding hydrogens is 380 g/mol. The first kappa shape index (κ1) is 19.2. The standard InChI is InChI=1S/C21H22O8/c1-10(22)19-18(11-5-16(25-3)20(23)17(6-11)26-4)12-7-14-15(28-9-27-14)8-13(12)29-21(19,2)24/h5-8,18-19,23-24H,9H2,1-4H3/t18-,19+,21-/m1/s1. The van der Waals surface area contributed by atoms with E-state index in [1.54, 1.807) is 24.3 Å². The van der Waals surface area contributed by atoms with Crippen LogP contribution in [0.1, 0.15) is 30.9 Å². The van der Waals surface area contributed by atoms with Crippen molar-refractivity contribution in [1.29, 1.82) is 0 Å². The van der Waals surface area contributed by atoms with E-state index in [1.807, 2.05) is 0 Å². The maximum absolute atomic E-state index is 12.6. The molecule has 2 aromatic carbocycles. The molecule has 0 saturated carbocycles. The maximum atomic E-state index is 12.6. The Kier molecular flexibility index (Phi) is 4.46. The third kappa shape index (κ3) is 3.00. The zero-order chi connectivity index (χ0) is 20.9. The Bertz CT molecular complexity index is 956.